The van der Waals surface area contributed by atoms with Crippen LogP contribution in [0.1, 0.15) is 51.7 Å². The minimum Gasteiger partial charge on any atom is -0.321 e. The van der Waals surface area contributed by atoms with Crippen molar-refractivity contribution in [2.45, 2.75) is 42.8 Å². The van der Waals surface area contributed by atoms with Gasteiger partial charge in [0.25, 0.3) is 11.8 Å². The Kier molecular flexibility index (Phi) is 10.4. The average molecular weight is 659 g/mol. The van der Waals surface area contributed by atoms with Crippen LogP contribution in [0.5, 0.6) is 0 Å². The van der Waals surface area contributed by atoms with Gasteiger partial charge < -0.3 is 16.0 Å². The number of hydrogen-bond acceptors (Lipinski definition) is 6. The molecule has 0 saturated heterocycles. The lowest BCUT2D eigenvalue weighted by Gasteiger charge is -2.14. The number of thioether (sulfide) groups is 1. The number of carbonyl (C=O) groups is 3. The van der Waals surface area contributed by atoms with Crippen molar-refractivity contribution in [1.82, 2.24) is 5.32 Å². The van der Waals surface area contributed by atoms with Gasteiger partial charge in [-0.1, -0.05) is 41.9 Å². The van der Waals surface area contributed by atoms with Gasteiger partial charge in [0.2, 0.25) is 5.91 Å². The fourth-order valence-corrected chi connectivity index (χ4v) is 7.21. The first-order valence-electron chi connectivity index (χ1n) is 14.2. The second kappa shape index (κ2) is 14.6. The van der Waals surface area contributed by atoms with Crippen molar-refractivity contribution in [3.63, 3.8) is 0 Å². The lowest BCUT2D eigenvalue weighted by molar-refractivity contribution is -0.115. The largest absolute Gasteiger partial charge is 0.321 e. The van der Waals surface area contributed by atoms with Crippen molar-refractivity contribution in [1.29, 1.82) is 5.26 Å². The summed E-state index contributed by atoms with van der Waals surface area (Å²) >= 11 is 8.97. The van der Waals surface area contributed by atoms with Crippen molar-refractivity contribution in [2.24, 2.45) is 0 Å². The summed E-state index contributed by atoms with van der Waals surface area (Å²) in [4.78, 5) is 41.3. The van der Waals surface area contributed by atoms with E-state index in [9.17, 15) is 24.0 Å². The summed E-state index contributed by atoms with van der Waals surface area (Å²) in [5.41, 5.74) is 2.06. The highest BCUT2D eigenvalue weighted by Crippen LogP contribution is 2.38. The molecule has 7 nitrogen and oxygen atoms in total. The van der Waals surface area contributed by atoms with Gasteiger partial charge in [0.05, 0.1) is 15.8 Å². The predicted octanol–water partition coefficient (Wildman–Crippen LogP) is 7.82. The molecule has 5 rings (SSSR count). The highest BCUT2D eigenvalue weighted by molar-refractivity contribution is 8.00. The fraction of sp³-hybridized carbons (Fsp3) is 0.176. The minimum atomic E-state index is -0.697. The molecule has 0 fully saturated rings. The van der Waals surface area contributed by atoms with Gasteiger partial charge in [0.1, 0.15) is 22.6 Å². The number of carbonyl (C=O) groups excluding carboxylic acids is 3. The van der Waals surface area contributed by atoms with Gasteiger partial charge in [-0.05, 0) is 86.7 Å². The molecule has 0 spiro atoms. The van der Waals surface area contributed by atoms with Crippen molar-refractivity contribution in [3.05, 3.63) is 116 Å². The summed E-state index contributed by atoms with van der Waals surface area (Å²) in [5, 5.41) is 18.1. The lowest BCUT2D eigenvalue weighted by atomic mass is 9.96. The first kappa shape index (κ1) is 32.0. The number of rotatable bonds is 9. The molecule has 1 aromatic heterocycles. The topological polar surface area (TPSA) is 111 Å². The third kappa shape index (κ3) is 7.81. The molecule has 0 radical (unpaired) electrons. The number of amides is 3. The zero-order chi connectivity index (χ0) is 31.9. The third-order valence-corrected chi connectivity index (χ3v) is 9.74. The SMILES string of the molecule is CC(Sc1cccc(NC(=O)/C(=C\c2c(F)cccc2Cl)NC(=O)c2ccccc2)c1)C(=O)Nc1sc2c(c1C#N)CCCC2. The molecule has 11 heteroatoms. The van der Waals surface area contributed by atoms with E-state index in [1.165, 1.54) is 52.3 Å². The molecule has 1 heterocycles. The highest BCUT2D eigenvalue weighted by Gasteiger charge is 2.24. The number of halogens is 2. The summed E-state index contributed by atoms with van der Waals surface area (Å²) in [6.07, 6.45) is 5.09. The molecule has 1 aliphatic carbocycles. The number of anilines is 2. The molecule has 0 saturated carbocycles. The normalized spacial score (nSPS) is 13.2. The molecule has 4 aromatic rings. The zero-order valence-electron chi connectivity index (χ0n) is 24.2. The molecular formula is C34H28ClFN4O3S2. The Bertz CT molecular complexity index is 1810. The minimum absolute atomic E-state index is 0.0482. The second-order valence-corrected chi connectivity index (χ2v) is 13.2. The number of aryl methyl sites for hydroxylation is 1. The van der Waals surface area contributed by atoms with Gasteiger partial charge in [-0.2, -0.15) is 5.26 Å². The summed E-state index contributed by atoms with van der Waals surface area (Å²) < 4.78 is 14.6. The van der Waals surface area contributed by atoms with E-state index in [0.717, 1.165) is 31.2 Å². The van der Waals surface area contributed by atoms with Crippen LogP contribution >= 0.6 is 34.7 Å². The Labute approximate surface area is 273 Å². The number of thiophene rings is 1. The Morgan fingerprint density at radius 1 is 1.02 bits per heavy atom. The molecule has 1 aliphatic rings. The van der Waals surface area contributed by atoms with Crippen LogP contribution < -0.4 is 16.0 Å². The molecule has 0 bridgehead atoms. The summed E-state index contributed by atoms with van der Waals surface area (Å²) in [5.74, 6) is -2.14. The van der Waals surface area contributed by atoms with Gasteiger partial charge in [0, 0.05) is 26.6 Å². The van der Waals surface area contributed by atoms with Crippen LogP contribution in [0.3, 0.4) is 0 Å². The zero-order valence-corrected chi connectivity index (χ0v) is 26.5. The van der Waals surface area contributed by atoms with Gasteiger partial charge in [-0.3, -0.25) is 14.4 Å². The molecule has 228 valence electrons. The van der Waals surface area contributed by atoms with Crippen LogP contribution in [0.2, 0.25) is 5.02 Å². The molecule has 1 unspecified atom stereocenters. The maximum absolute atomic E-state index is 14.6. The second-order valence-electron chi connectivity index (χ2n) is 10.3. The molecule has 3 aromatic carbocycles. The van der Waals surface area contributed by atoms with Crippen LogP contribution in [0.15, 0.2) is 83.4 Å². The van der Waals surface area contributed by atoms with Crippen LogP contribution in [0, 0.1) is 17.1 Å². The van der Waals surface area contributed by atoms with Crippen LogP contribution in [-0.2, 0) is 22.4 Å². The highest BCUT2D eigenvalue weighted by atomic mass is 35.5. The smallest absolute Gasteiger partial charge is 0.272 e. The van der Waals surface area contributed by atoms with E-state index in [4.69, 9.17) is 11.6 Å². The molecular weight excluding hydrogens is 631 g/mol. The maximum Gasteiger partial charge on any atom is 0.272 e. The Morgan fingerprint density at radius 3 is 2.53 bits per heavy atom. The van der Waals surface area contributed by atoms with Crippen molar-refractivity contribution in [3.8, 4) is 6.07 Å². The van der Waals surface area contributed by atoms with Gasteiger partial charge in [0.15, 0.2) is 0 Å². The van der Waals surface area contributed by atoms with Crippen molar-refractivity contribution >= 4 is 69.2 Å². The number of hydrogen-bond donors (Lipinski definition) is 3. The van der Waals surface area contributed by atoms with Crippen molar-refractivity contribution < 1.29 is 18.8 Å². The Hall–Kier alpha value is -4.43. The standard InChI is InChI=1S/C34H28ClFN4O3S2/c1-20(31(41)40-34-26(19-37)24-13-5-6-16-30(24)45-34)44-23-12-7-11-22(17-23)38-33(43)29(18-25-27(35)14-8-15-28(25)36)39-32(42)21-9-3-2-4-10-21/h2-4,7-12,14-15,17-18,20H,5-6,13,16H2,1H3,(H,38,43)(H,39,42)(H,40,41)/b29-18+. The molecule has 0 aliphatic heterocycles. The molecule has 3 amide bonds. The van der Waals surface area contributed by atoms with Crippen LogP contribution in [-0.4, -0.2) is 23.0 Å². The van der Waals surface area contributed by atoms with Gasteiger partial charge in [-0.25, -0.2) is 4.39 Å². The van der Waals surface area contributed by atoms with E-state index in [1.54, 1.807) is 55.5 Å². The van der Waals surface area contributed by atoms with E-state index < -0.39 is 22.9 Å². The molecule has 1 atom stereocenters. The van der Waals surface area contributed by atoms with Crippen LogP contribution in [0.4, 0.5) is 15.1 Å². The first-order valence-corrected chi connectivity index (χ1v) is 16.3. The lowest BCUT2D eigenvalue weighted by Crippen LogP contribution is -2.30. The van der Waals surface area contributed by atoms with E-state index in [0.29, 0.717) is 26.7 Å². The van der Waals surface area contributed by atoms with E-state index in [1.807, 2.05) is 6.07 Å². The number of nitriles is 1. The van der Waals surface area contributed by atoms with Gasteiger partial charge in [-0.15, -0.1) is 23.1 Å². The first-order chi connectivity index (χ1) is 21.7. The van der Waals surface area contributed by atoms with E-state index >= 15 is 0 Å². The summed E-state index contributed by atoms with van der Waals surface area (Å²) in [7, 11) is 0. The number of nitrogens with zero attached hydrogens (tertiary/aromatic N) is 1. The quantitative estimate of drug-likeness (QED) is 0.125. The fourth-order valence-electron chi connectivity index (χ4n) is 4.82. The van der Waals surface area contributed by atoms with E-state index in [2.05, 4.69) is 22.0 Å². The van der Waals surface area contributed by atoms with Gasteiger partial charge >= 0.3 is 0 Å². The monoisotopic (exact) mass is 658 g/mol. The Balaban J connectivity index is 1.31. The Morgan fingerprint density at radius 2 is 1.78 bits per heavy atom. The summed E-state index contributed by atoms with van der Waals surface area (Å²) in [6, 6.07) is 21.6. The predicted molar refractivity (Wildman–Crippen MR) is 178 cm³/mol. The number of fused-ring (bicyclic) bond motifs is 1. The van der Waals surface area contributed by atoms with E-state index in [-0.39, 0.29) is 22.2 Å². The van der Waals surface area contributed by atoms with Crippen LogP contribution in [0.25, 0.3) is 6.08 Å². The molecule has 45 heavy (non-hydrogen) atoms. The maximum atomic E-state index is 14.6. The average Bonchev–Trinajstić information content (AvgIpc) is 3.39. The number of nitrogens with one attached hydrogen (secondary N) is 3. The number of benzene rings is 3. The van der Waals surface area contributed by atoms with Crippen molar-refractivity contribution in [2.75, 3.05) is 10.6 Å². The third-order valence-electron chi connectivity index (χ3n) is 7.11. The summed E-state index contributed by atoms with van der Waals surface area (Å²) in [6.45, 7) is 1.77. The molecule has 3 N–H and O–H groups in total.